The fourth-order valence-corrected chi connectivity index (χ4v) is 6.40. The topological polar surface area (TPSA) is 137 Å². The first kappa shape index (κ1) is 31.9. The molecule has 1 aromatic heterocycles. The number of nitrogens with zero attached hydrogens (tertiary/aromatic N) is 1. The molecule has 0 radical (unpaired) electrons. The van der Waals surface area contributed by atoms with E-state index in [0.717, 1.165) is 30.3 Å². The lowest BCUT2D eigenvalue weighted by atomic mass is 9.95. The molecule has 2 aromatic carbocycles. The predicted octanol–water partition coefficient (Wildman–Crippen LogP) is 3.20. The number of sulfone groups is 1. The summed E-state index contributed by atoms with van der Waals surface area (Å²) in [5, 5.41) is 0. The van der Waals surface area contributed by atoms with E-state index in [1.165, 1.54) is 29.9 Å². The third kappa shape index (κ3) is 7.36. The van der Waals surface area contributed by atoms with Crippen LogP contribution in [-0.2, 0) is 45.6 Å². The number of hydrogen-bond donors (Lipinski definition) is 2. The van der Waals surface area contributed by atoms with Gasteiger partial charge in [-0.15, -0.1) is 0 Å². The monoisotopic (exact) mass is 614 g/mol. The Balaban J connectivity index is 2.31. The minimum Gasteiger partial charge on any atom is -0.760 e. The maximum Gasteiger partial charge on any atom is 0.250 e. The van der Waals surface area contributed by atoms with Crippen LogP contribution in [0.3, 0.4) is 0 Å². The minimum atomic E-state index is -4.41. The highest BCUT2D eigenvalue weighted by Gasteiger charge is 2.28. The highest BCUT2D eigenvalue weighted by Crippen LogP contribution is 2.37. The maximum absolute atomic E-state index is 15.3. The van der Waals surface area contributed by atoms with Crippen molar-refractivity contribution in [2.45, 2.75) is 54.7 Å². The summed E-state index contributed by atoms with van der Waals surface area (Å²) in [6.45, 7) is 6.79. The lowest BCUT2D eigenvalue weighted by Gasteiger charge is -2.24. The number of rotatable bonds is 10. The van der Waals surface area contributed by atoms with E-state index in [0.29, 0.717) is 5.56 Å². The highest BCUT2D eigenvalue weighted by atomic mass is 32.2. The van der Waals surface area contributed by atoms with Crippen LogP contribution >= 0.6 is 0 Å². The van der Waals surface area contributed by atoms with Crippen molar-refractivity contribution < 1.29 is 30.2 Å². The number of aryl methyl sites for hydroxylation is 1. The molecular formula is C26H30F2N3O6S3-. The van der Waals surface area contributed by atoms with E-state index < -0.39 is 65.0 Å². The molecule has 2 unspecified atom stereocenters. The highest BCUT2D eigenvalue weighted by molar-refractivity contribution is 7.91. The fourth-order valence-electron chi connectivity index (χ4n) is 3.86. The van der Waals surface area contributed by atoms with Gasteiger partial charge in [0.05, 0.1) is 25.5 Å². The van der Waals surface area contributed by atoms with Crippen molar-refractivity contribution in [2.24, 2.45) is 7.05 Å². The lowest BCUT2D eigenvalue weighted by molar-refractivity contribution is 0.522. The Morgan fingerprint density at radius 2 is 1.68 bits per heavy atom. The SMILES string of the molecule is C[C@H](NS(=O)C(C)(C)C)c1cc(=O)n(C)cc1-c1cc(CCNS(=O)[O-])c(F)cc1S(=O)(=O)c1ccc(F)cc1. The molecule has 0 saturated carbocycles. The van der Waals surface area contributed by atoms with Crippen molar-refractivity contribution in [1.82, 2.24) is 14.0 Å². The third-order valence-electron chi connectivity index (χ3n) is 6.03. The summed E-state index contributed by atoms with van der Waals surface area (Å²) in [6, 6.07) is 6.76. The normalized spacial score (nSPS) is 14.6. The Labute approximate surface area is 236 Å². The van der Waals surface area contributed by atoms with Gasteiger partial charge in [-0.25, -0.2) is 30.9 Å². The van der Waals surface area contributed by atoms with Crippen LogP contribution in [0.1, 0.15) is 44.9 Å². The van der Waals surface area contributed by atoms with Crippen LogP contribution in [0.5, 0.6) is 0 Å². The summed E-state index contributed by atoms with van der Waals surface area (Å²) in [6.07, 6.45) is 1.30. The first-order valence-electron chi connectivity index (χ1n) is 12.1. The molecule has 0 saturated heterocycles. The molecule has 14 heteroatoms. The zero-order valence-corrected chi connectivity index (χ0v) is 24.9. The number of halogens is 2. The van der Waals surface area contributed by atoms with E-state index >= 15 is 4.39 Å². The van der Waals surface area contributed by atoms with Gasteiger partial charge < -0.3 is 9.12 Å². The smallest absolute Gasteiger partial charge is 0.250 e. The number of hydrogen-bond acceptors (Lipinski definition) is 6. The Kier molecular flexibility index (Phi) is 9.96. The van der Waals surface area contributed by atoms with Crippen LogP contribution in [0, 0.1) is 11.6 Å². The Morgan fingerprint density at radius 3 is 2.25 bits per heavy atom. The first-order valence-corrected chi connectivity index (χ1v) is 15.8. The van der Waals surface area contributed by atoms with Crippen LogP contribution in [-0.4, -0.2) is 37.2 Å². The number of benzene rings is 2. The molecule has 0 aliphatic carbocycles. The van der Waals surface area contributed by atoms with Crippen molar-refractivity contribution in [3.8, 4) is 11.1 Å². The molecule has 3 rings (SSSR count). The first-order chi connectivity index (χ1) is 18.5. The van der Waals surface area contributed by atoms with Gasteiger partial charge in [-0.2, -0.15) is 0 Å². The van der Waals surface area contributed by atoms with Crippen molar-refractivity contribution in [3.63, 3.8) is 0 Å². The second-order valence-corrected chi connectivity index (χ2v) is 14.8. The second-order valence-electron chi connectivity index (χ2n) is 10.1. The molecule has 40 heavy (non-hydrogen) atoms. The molecule has 218 valence electrons. The van der Waals surface area contributed by atoms with Gasteiger partial charge in [0.25, 0.3) is 5.56 Å². The molecular weight excluding hydrogens is 584 g/mol. The molecule has 0 aliphatic rings. The van der Waals surface area contributed by atoms with Gasteiger partial charge in [0, 0.05) is 54.3 Å². The molecule has 2 N–H and O–H groups in total. The van der Waals surface area contributed by atoms with E-state index in [4.69, 9.17) is 0 Å². The van der Waals surface area contributed by atoms with Crippen molar-refractivity contribution >= 4 is 32.1 Å². The third-order valence-corrected chi connectivity index (χ3v) is 9.96. The van der Waals surface area contributed by atoms with E-state index in [2.05, 4.69) is 9.44 Å². The quantitative estimate of drug-likeness (QED) is 0.266. The molecule has 3 aromatic rings. The average Bonchev–Trinajstić information content (AvgIpc) is 2.85. The van der Waals surface area contributed by atoms with Gasteiger partial charge >= 0.3 is 0 Å². The molecule has 3 atom stereocenters. The zero-order chi connectivity index (χ0) is 30.0. The van der Waals surface area contributed by atoms with Crippen LogP contribution < -0.4 is 15.0 Å². The minimum absolute atomic E-state index is 0.0182. The second kappa shape index (κ2) is 12.5. The van der Waals surface area contributed by atoms with Gasteiger partial charge in [0.2, 0.25) is 9.84 Å². The summed E-state index contributed by atoms with van der Waals surface area (Å²) >= 11 is -2.59. The van der Waals surface area contributed by atoms with Crippen LogP contribution in [0.15, 0.2) is 63.2 Å². The molecule has 0 fully saturated rings. The van der Waals surface area contributed by atoms with Gasteiger partial charge in [-0.1, -0.05) is 0 Å². The molecule has 0 aliphatic heterocycles. The van der Waals surface area contributed by atoms with Crippen LogP contribution in [0.4, 0.5) is 8.78 Å². The Bertz CT molecular complexity index is 1620. The van der Waals surface area contributed by atoms with Gasteiger partial charge in [0.15, 0.2) is 0 Å². The summed E-state index contributed by atoms with van der Waals surface area (Å²) in [5.41, 5.74) is 0.193. The van der Waals surface area contributed by atoms with Crippen LogP contribution in [0.2, 0.25) is 0 Å². The molecule has 9 nitrogen and oxygen atoms in total. The van der Waals surface area contributed by atoms with E-state index in [9.17, 15) is 30.6 Å². The summed E-state index contributed by atoms with van der Waals surface area (Å²) in [5.74, 6) is -1.55. The number of pyridine rings is 1. The van der Waals surface area contributed by atoms with E-state index in [-0.39, 0.29) is 34.6 Å². The van der Waals surface area contributed by atoms with Gasteiger partial charge in [0.1, 0.15) is 11.6 Å². The van der Waals surface area contributed by atoms with Gasteiger partial charge in [-0.05, 0) is 81.6 Å². The van der Waals surface area contributed by atoms with Crippen LogP contribution in [0.25, 0.3) is 11.1 Å². The molecule has 1 heterocycles. The summed E-state index contributed by atoms with van der Waals surface area (Å²) < 4.78 is 96.6. The summed E-state index contributed by atoms with van der Waals surface area (Å²) in [7, 11) is -4.50. The van der Waals surface area contributed by atoms with E-state index in [1.807, 2.05) is 0 Å². The van der Waals surface area contributed by atoms with Crippen molar-refractivity contribution in [3.05, 3.63) is 81.8 Å². The summed E-state index contributed by atoms with van der Waals surface area (Å²) in [4.78, 5) is 11.9. The average molecular weight is 615 g/mol. The molecule has 0 bridgehead atoms. The maximum atomic E-state index is 15.3. The lowest BCUT2D eigenvalue weighted by Crippen LogP contribution is -2.35. The molecule has 0 spiro atoms. The zero-order valence-electron chi connectivity index (χ0n) is 22.5. The molecule has 0 amide bonds. The number of aromatic nitrogens is 1. The fraction of sp³-hybridized carbons (Fsp3) is 0.346. The van der Waals surface area contributed by atoms with Crippen molar-refractivity contribution in [1.29, 1.82) is 0 Å². The standard InChI is InChI=1S/C26H31F2N3O6S3/c1-16(30-38(33)26(2,3)4)20-13-25(32)31(5)15-22(20)21-12-17(10-11-29-39(34)35)23(28)14-24(21)40(36,37)19-8-6-18(27)7-9-19/h6-9,12-16,29-30H,10-11H2,1-5H3,(H,34,35)/p-1/t16-,38?/m0/s1. The van der Waals surface area contributed by atoms with Gasteiger partial charge in [-0.3, -0.25) is 9.00 Å². The van der Waals surface area contributed by atoms with E-state index in [1.54, 1.807) is 27.7 Å². The largest absolute Gasteiger partial charge is 0.760 e. The predicted molar refractivity (Wildman–Crippen MR) is 149 cm³/mol. The number of nitrogens with one attached hydrogen (secondary N) is 2. The van der Waals surface area contributed by atoms with Crippen molar-refractivity contribution in [2.75, 3.05) is 6.54 Å². The Morgan fingerprint density at radius 1 is 1.05 bits per heavy atom. The Hall–Kier alpha value is -2.62.